The van der Waals surface area contributed by atoms with Crippen LogP contribution in [-0.2, 0) is 0 Å². The van der Waals surface area contributed by atoms with Gasteiger partial charge in [0.1, 0.15) is 5.52 Å². The summed E-state index contributed by atoms with van der Waals surface area (Å²) < 4.78 is 5.84. The maximum atomic E-state index is 10.8. The lowest BCUT2D eigenvalue weighted by Gasteiger charge is -1.96. The summed E-state index contributed by atoms with van der Waals surface area (Å²) in [7, 11) is 0. The van der Waals surface area contributed by atoms with Crippen molar-refractivity contribution in [3.05, 3.63) is 94.0 Å². The molecule has 29 heavy (non-hydrogen) atoms. The van der Waals surface area contributed by atoms with Crippen molar-refractivity contribution in [2.24, 2.45) is 4.99 Å². The van der Waals surface area contributed by atoms with Gasteiger partial charge < -0.3 is 4.42 Å². The molecule has 4 aromatic rings. The van der Waals surface area contributed by atoms with Gasteiger partial charge >= 0.3 is 0 Å². The number of nitro benzene ring substituents is 1. The summed E-state index contributed by atoms with van der Waals surface area (Å²) in [5.41, 5.74) is 5.20. The van der Waals surface area contributed by atoms with Gasteiger partial charge in [0.2, 0.25) is 5.89 Å². The van der Waals surface area contributed by atoms with E-state index in [1.54, 1.807) is 30.5 Å². The fourth-order valence-corrected chi connectivity index (χ4v) is 2.87. The van der Waals surface area contributed by atoms with Crippen LogP contribution < -0.4 is 0 Å². The molecule has 0 spiro atoms. The second-order valence-electron chi connectivity index (χ2n) is 6.53. The molecule has 1 heterocycles. The molecular weight excluding hydrogens is 366 g/mol. The van der Waals surface area contributed by atoms with Crippen LogP contribution in [0.4, 0.5) is 11.4 Å². The summed E-state index contributed by atoms with van der Waals surface area (Å²) in [6.45, 7) is 2.02. The van der Waals surface area contributed by atoms with Gasteiger partial charge in [-0.15, -0.1) is 0 Å². The fourth-order valence-electron chi connectivity index (χ4n) is 2.87. The molecule has 1 aromatic heterocycles. The third kappa shape index (κ3) is 4.27. The summed E-state index contributed by atoms with van der Waals surface area (Å²) in [6, 6.07) is 19.9. The molecule has 0 atom stereocenters. The normalized spacial score (nSPS) is 11.6. The number of nitrogens with zero attached hydrogens (tertiary/aromatic N) is 3. The third-order valence-electron chi connectivity index (χ3n) is 4.34. The Morgan fingerprint density at radius 3 is 2.69 bits per heavy atom. The lowest BCUT2D eigenvalue weighted by atomic mass is 10.2. The van der Waals surface area contributed by atoms with Crippen LogP contribution in [0, 0.1) is 17.0 Å². The van der Waals surface area contributed by atoms with Crippen molar-refractivity contribution in [2.75, 3.05) is 0 Å². The molecule has 0 radical (unpaired) electrons. The van der Waals surface area contributed by atoms with Crippen LogP contribution in [0.25, 0.3) is 28.6 Å². The fraction of sp³-hybridized carbons (Fsp3) is 0.0435. The molecule has 0 fully saturated rings. The molecule has 4 rings (SSSR count). The Bertz CT molecular complexity index is 1240. The highest BCUT2D eigenvalue weighted by atomic mass is 16.6. The van der Waals surface area contributed by atoms with Gasteiger partial charge in [0.25, 0.3) is 5.69 Å². The molecule has 0 N–H and O–H groups in total. The first-order valence-electron chi connectivity index (χ1n) is 9.01. The second-order valence-corrected chi connectivity index (χ2v) is 6.53. The summed E-state index contributed by atoms with van der Waals surface area (Å²) >= 11 is 0. The number of nitro groups is 1. The maximum Gasteiger partial charge on any atom is 0.270 e. The van der Waals surface area contributed by atoms with E-state index in [0.717, 1.165) is 33.5 Å². The number of aromatic nitrogens is 1. The average molecular weight is 383 g/mol. The molecule has 0 amide bonds. The summed E-state index contributed by atoms with van der Waals surface area (Å²) in [5.74, 6) is 0.576. The molecule has 6 heteroatoms. The molecule has 6 nitrogen and oxygen atoms in total. The van der Waals surface area contributed by atoms with Gasteiger partial charge in [0.05, 0.1) is 10.6 Å². The molecule has 0 unspecified atom stereocenters. The summed E-state index contributed by atoms with van der Waals surface area (Å²) in [5, 5.41) is 10.8. The number of aryl methyl sites for hydroxylation is 1. The number of hydrogen-bond acceptors (Lipinski definition) is 5. The summed E-state index contributed by atoms with van der Waals surface area (Å²) in [4.78, 5) is 19.3. The van der Waals surface area contributed by atoms with Crippen molar-refractivity contribution >= 4 is 34.8 Å². The van der Waals surface area contributed by atoms with Gasteiger partial charge in [-0.3, -0.25) is 15.1 Å². The van der Waals surface area contributed by atoms with E-state index in [1.807, 2.05) is 49.4 Å². The van der Waals surface area contributed by atoms with Gasteiger partial charge in [-0.05, 0) is 60.5 Å². The predicted molar refractivity (Wildman–Crippen MR) is 114 cm³/mol. The number of non-ortho nitro benzene ring substituents is 1. The molecule has 0 bridgehead atoms. The third-order valence-corrected chi connectivity index (χ3v) is 4.34. The van der Waals surface area contributed by atoms with E-state index in [4.69, 9.17) is 4.42 Å². The van der Waals surface area contributed by atoms with E-state index in [9.17, 15) is 10.1 Å². The van der Waals surface area contributed by atoms with Crippen molar-refractivity contribution in [3.63, 3.8) is 0 Å². The Kier molecular flexibility index (Phi) is 4.99. The highest BCUT2D eigenvalue weighted by Gasteiger charge is 2.08. The van der Waals surface area contributed by atoms with E-state index in [1.165, 1.54) is 12.1 Å². The summed E-state index contributed by atoms with van der Waals surface area (Å²) in [6.07, 6.45) is 5.16. The zero-order chi connectivity index (χ0) is 20.2. The number of rotatable bonds is 5. The van der Waals surface area contributed by atoms with Crippen LogP contribution in [0.2, 0.25) is 0 Å². The highest BCUT2D eigenvalue weighted by molar-refractivity contribution is 5.81. The molecule has 0 saturated heterocycles. The Morgan fingerprint density at radius 2 is 1.90 bits per heavy atom. The molecule has 3 aromatic carbocycles. The lowest BCUT2D eigenvalue weighted by molar-refractivity contribution is -0.384. The van der Waals surface area contributed by atoms with Gasteiger partial charge in [-0.1, -0.05) is 24.3 Å². The Labute approximate surface area is 167 Å². The number of aliphatic imine (C=N–C) groups is 1. The van der Waals surface area contributed by atoms with Crippen LogP contribution in [0.1, 0.15) is 11.1 Å². The molecular formula is C23H17N3O3. The Hall–Kier alpha value is -4.06. The number of oxazole rings is 1. The van der Waals surface area contributed by atoms with E-state index in [0.29, 0.717) is 5.89 Å². The SMILES string of the molecule is Cc1ccc2nc(-c3ccc(N=CC=Cc4cccc([N+](=O)[O-])c4)cc3)oc2c1. The quantitative estimate of drug-likeness (QED) is 0.236. The van der Waals surface area contributed by atoms with Crippen LogP contribution in [-0.4, -0.2) is 16.1 Å². The van der Waals surface area contributed by atoms with Gasteiger partial charge in [0.15, 0.2) is 5.58 Å². The zero-order valence-electron chi connectivity index (χ0n) is 15.6. The van der Waals surface area contributed by atoms with E-state index < -0.39 is 4.92 Å². The zero-order valence-corrected chi connectivity index (χ0v) is 15.6. The number of benzene rings is 3. The van der Waals surface area contributed by atoms with Crippen LogP contribution in [0.15, 0.2) is 82.2 Å². The maximum absolute atomic E-state index is 10.8. The van der Waals surface area contributed by atoms with E-state index in [2.05, 4.69) is 9.98 Å². The standard InChI is InChI=1S/C23H17N3O3/c1-16-7-12-21-22(14-16)29-23(25-21)18-8-10-19(11-9-18)24-13-3-5-17-4-2-6-20(15-17)26(27)28/h2-15H,1H3. The van der Waals surface area contributed by atoms with Crippen molar-refractivity contribution in [1.29, 1.82) is 0 Å². The molecule has 0 aliphatic heterocycles. The first-order chi connectivity index (χ1) is 14.1. The van der Waals surface area contributed by atoms with E-state index in [-0.39, 0.29) is 5.69 Å². The van der Waals surface area contributed by atoms with Gasteiger partial charge in [-0.2, -0.15) is 0 Å². The van der Waals surface area contributed by atoms with Gasteiger partial charge in [0, 0.05) is 23.9 Å². The smallest absolute Gasteiger partial charge is 0.270 e. The van der Waals surface area contributed by atoms with E-state index >= 15 is 0 Å². The highest BCUT2D eigenvalue weighted by Crippen LogP contribution is 2.26. The minimum absolute atomic E-state index is 0.0639. The van der Waals surface area contributed by atoms with Crippen molar-refractivity contribution < 1.29 is 9.34 Å². The minimum Gasteiger partial charge on any atom is -0.436 e. The minimum atomic E-state index is -0.412. The molecule has 142 valence electrons. The predicted octanol–water partition coefficient (Wildman–Crippen LogP) is 6.13. The largest absolute Gasteiger partial charge is 0.436 e. The van der Waals surface area contributed by atoms with Crippen LogP contribution in [0.5, 0.6) is 0 Å². The van der Waals surface area contributed by atoms with Crippen LogP contribution in [0.3, 0.4) is 0 Å². The monoisotopic (exact) mass is 383 g/mol. The Balaban J connectivity index is 1.46. The van der Waals surface area contributed by atoms with Crippen molar-refractivity contribution in [2.45, 2.75) is 6.92 Å². The van der Waals surface area contributed by atoms with Crippen LogP contribution >= 0.6 is 0 Å². The van der Waals surface area contributed by atoms with Gasteiger partial charge in [-0.25, -0.2) is 4.98 Å². The Morgan fingerprint density at radius 1 is 1.07 bits per heavy atom. The van der Waals surface area contributed by atoms with Crippen molar-refractivity contribution in [1.82, 2.24) is 4.98 Å². The first-order valence-corrected chi connectivity index (χ1v) is 9.01. The second kappa shape index (κ2) is 7.90. The average Bonchev–Trinajstić information content (AvgIpc) is 3.15. The number of fused-ring (bicyclic) bond motifs is 1. The lowest BCUT2D eigenvalue weighted by Crippen LogP contribution is -1.87. The molecule has 0 aliphatic carbocycles. The number of hydrogen-bond donors (Lipinski definition) is 0. The number of allylic oxidation sites excluding steroid dienone is 1. The first kappa shape index (κ1) is 18.3. The molecule has 0 aliphatic rings. The topological polar surface area (TPSA) is 81.5 Å². The van der Waals surface area contributed by atoms with Crippen molar-refractivity contribution in [3.8, 4) is 11.5 Å². The molecule has 0 saturated carbocycles.